The van der Waals surface area contributed by atoms with Gasteiger partial charge in [0.2, 0.25) is 0 Å². The van der Waals surface area contributed by atoms with Crippen molar-refractivity contribution in [1.29, 1.82) is 0 Å². The van der Waals surface area contributed by atoms with Gasteiger partial charge >= 0.3 is 0 Å². The van der Waals surface area contributed by atoms with Gasteiger partial charge in [0.05, 0.1) is 9.65 Å². The molecule has 0 aromatic heterocycles. The third-order valence-corrected chi connectivity index (χ3v) is 7.11. The van der Waals surface area contributed by atoms with Crippen LogP contribution in [0.15, 0.2) is 48.5 Å². The highest BCUT2D eigenvalue weighted by Crippen LogP contribution is 2.44. The van der Waals surface area contributed by atoms with Gasteiger partial charge in [0.25, 0.3) is 0 Å². The molecule has 118 valence electrons. The molecule has 22 heavy (non-hydrogen) atoms. The maximum atomic E-state index is 3.94. The molecule has 0 nitrogen and oxygen atoms in total. The van der Waals surface area contributed by atoms with Gasteiger partial charge in [-0.05, 0) is 41.5 Å². The van der Waals surface area contributed by atoms with Gasteiger partial charge in [-0.3, -0.25) is 0 Å². The molecule has 0 fully saturated rings. The first-order valence-electron chi connectivity index (χ1n) is 7.96. The number of benzene rings is 2. The Labute approximate surface area is 151 Å². The predicted molar refractivity (Wildman–Crippen MR) is 104 cm³/mol. The summed E-state index contributed by atoms with van der Waals surface area (Å²) in [5.74, 6) is 0.716. The van der Waals surface area contributed by atoms with E-state index in [-0.39, 0.29) is 9.65 Å². The number of hydrogen-bond donors (Lipinski definition) is 0. The third-order valence-electron chi connectivity index (χ3n) is 4.36. The van der Waals surface area contributed by atoms with Crippen molar-refractivity contribution >= 4 is 31.9 Å². The Morgan fingerprint density at radius 1 is 0.864 bits per heavy atom. The maximum absolute atomic E-state index is 3.94. The molecule has 0 heterocycles. The van der Waals surface area contributed by atoms with Crippen LogP contribution in [0.4, 0.5) is 0 Å². The lowest BCUT2D eigenvalue weighted by Crippen LogP contribution is -2.07. The third kappa shape index (κ3) is 4.23. The fraction of sp³-hybridized carbons (Fsp3) is 0.400. The van der Waals surface area contributed by atoms with Crippen LogP contribution in [-0.2, 0) is 6.42 Å². The number of alkyl halides is 2. The Morgan fingerprint density at radius 2 is 1.41 bits per heavy atom. The van der Waals surface area contributed by atoms with Crippen LogP contribution >= 0.6 is 31.9 Å². The van der Waals surface area contributed by atoms with Crippen LogP contribution in [0.5, 0.6) is 0 Å². The molecule has 0 spiro atoms. The van der Waals surface area contributed by atoms with Gasteiger partial charge in [0.15, 0.2) is 0 Å². The fourth-order valence-electron chi connectivity index (χ4n) is 2.72. The second-order valence-corrected chi connectivity index (χ2v) is 8.05. The zero-order valence-corrected chi connectivity index (χ0v) is 16.7. The van der Waals surface area contributed by atoms with E-state index in [0.29, 0.717) is 5.92 Å². The zero-order valence-electron chi connectivity index (χ0n) is 13.5. The summed E-state index contributed by atoms with van der Waals surface area (Å²) in [6.07, 6.45) is 2.36. The molecule has 2 heteroatoms. The van der Waals surface area contributed by atoms with E-state index in [1.165, 1.54) is 28.7 Å². The van der Waals surface area contributed by atoms with E-state index in [4.69, 9.17) is 0 Å². The van der Waals surface area contributed by atoms with Gasteiger partial charge < -0.3 is 0 Å². The maximum Gasteiger partial charge on any atom is 0.0564 e. The first-order chi connectivity index (χ1) is 10.5. The van der Waals surface area contributed by atoms with E-state index in [0.717, 1.165) is 6.42 Å². The first-order valence-corrected chi connectivity index (χ1v) is 9.79. The van der Waals surface area contributed by atoms with Crippen LogP contribution in [0, 0.1) is 12.8 Å². The van der Waals surface area contributed by atoms with E-state index in [2.05, 4.69) is 101 Å². The van der Waals surface area contributed by atoms with Crippen LogP contribution < -0.4 is 0 Å². The molecule has 2 rings (SSSR count). The largest absolute Gasteiger partial charge is 0.0823 e. The Kier molecular flexibility index (Phi) is 6.70. The molecule has 3 atom stereocenters. The average Bonchev–Trinajstić information content (AvgIpc) is 2.54. The van der Waals surface area contributed by atoms with Crippen molar-refractivity contribution in [1.82, 2.24) is 0 Å². The second kappa shape index (κ2) is 8.31. The van der Waals surface area contributed by atoms with Crippen LogP contribution in [-0.4, -0.2) is 0 Å². The number of aryl methyl sites for hydroxylation is 1. The Morgan fingerprint density at radius 3 is 2.05 bits per heavy atom. The molecule has 0 aliphatic carbocycles. The smallest absolute Gasteiger partial charge is 0.0564 e. The summed E-state index contributed by atoms with van der Waals surface area (Å²) in [5, 5.41) is 0. The number of hydrogen-bond acceptors (Lipinski definition) is 0. The molecule has 0 bridgehead atoms. The van der Waals surface area contributed by atoms with Crippen LogP contribution in [0.2, 0.25) is 0 Å². The Balaban J connectivity index is 2.29. The zero-order chi connectivity index (χ0) is 16.1. The van der Waals surface area contributed by atoms with Gasteiger partial charge in [0, 0.05) is 0 Å². The van der Waals surface area contributed by atoms with Crippen molar-refractivity contribution in [3.8, 4) is 0 Å². The molecular weight excluding hydrogens is 400 g/mol. The standard InChI is InChI=1S/C20H24Br2/c1-4-14(2)13-16-10-6-8-12-18(16)20(22)19(21)17-11-7-5-9-15(17)3/h5-12,14,19-20H,4,13H2,1-3H3/t14-,19?,20?/m1/s1. The van der Waals surface area contributed by atoms with E-state index < -0.39 is 0 Å². The van der Waals surface area contributed by atoms with Crippen molar-refractivity contribution in [2.75, 3.05) is 0 Å². The van der Waals surface area contributed by atoms with Crippen LogP contribution in [0.25, 0.3) is 0 Å². The molecule has 2 aromatic carbocycles. The molecule has 0 saturated heterocycles. The van der Waals surface area contributed by atoms with Gasteiger partial charge in [-0.25, -0.2) is 0 Å². The number of halogens is 2. The summed E-state index contributed by atoms with van der Waals surface area (Å²) < 4.78 is 0. The lowest BCUT2D eigenvalue weighted by atomic mass is 9.91. The monoisotopic (exact) mass is 422 g/mol. The molecule has 0 radical (unpaired) electrons. The van der Waals surface area contributed by atoms with Gasteiger partial charge in [-0.1, -0.05) is 101 Å². The predicted octanol–water partition coefficient (Wildman–Crippen LogP) is 7.16. The highest BCUT2D eigenvalue weighted by atomic mass is 79.9. The molecule has 0 N–H and O–H groups in total. The molecular formula is C20H24Br2. The minimum atomic E-state index is 0.270. The first kappa shape index (κ1) is 17.7. The van der Waals surface area contributed by atoms with Crippen molar-refractivity contribution in [2.24, 2.45) is 5.92 Å². The second-order valence-electron chi connectivity index (χ2n) is 6.08. The Bertz CT molecular complexity index is 606. The highest BCUT2D eigenvalue weighted by molar-refractivity contribution is 9.12. The Hall–Kier alpha value is -0.600. The van der Waals surface area contributed by atoms with E-state index in [9.17, 15) is 0 Å². The molecule has 2 aromatic rings. The van der Waals surface area contributed by atoms with Crippen molar-refractivity contribution in [2.45, 2.75) is 43.3 Å². The molecule has 0 amide bonds. The minimum absolute atomic E-state index is 0.270. The topological polar surface area (TPSA) is 0 Å². The van der Waals surface area contributed by atoms with E-state index >= 15 is 0 Å². The minimum Gasteiger partial charge on any atom is -0.0823 e. The van der Waals surface area contributed by atoms with Gasteiger partial charge in [-0.15, -0.1) is 0 Å². The molecule has 0 aliphatic rings. The van der Waals surface area contributed by atoms with Crippen molar-refractivity contribution < 1.29 is 0 Å². The summed E-state index contributed by atoms with van der Waals surface area (Å²) in [6.45, 7) is 6.76. The van der Waals surface area contributed by atoms with Crippen LogP contribution in [0.1, 0.15) is 52.2 Å². The van der Waals surface area contributed by atoms with Crippen molar-refractivity contribution in [3.63, 3.8) is 0 Å². The van der Waals surface area contributed by atoms with Gasteiger partial charge in [0.1, 0.15) is 0 Å². The number of rotatable bonds is 6. The summed E-state index contributed by atoms with van der Waals surface area (Å²) in [6, 6.07) is 17.4. The van der Waals surface area contributed by atoms with Crippen LogP contribution in [0.3, 0.4) is 0 Å². The normalized spacial score (nSPS) is 15.3. The quantitative estimate of drug-likeness (QED) is 0.432. The highest BCUT2D eigenvalue weighted by Gasteiger charge is 2.23. The summed E-state index contributed by atoms with van der Waals surface area (Å²) in [5.41, 5.74) is 5.53. The van der Waals surface area contributed by atoms with Crippen molar-refractivity contribution in [3.05, 3.63) is 70.8 Å². The molecule has 0 saturated carbocycles. The summed E-state index contributed by atoms with van der Waals surface area (Å²) in [7, 11) is 0. The lowest BCUT2D eigenvalue weighted by molar-refractivity contribution is 0.557. The average molecular weight is 424 g/mol. The van der Waals surface area contributed by atoms with E-state index in [1.807, 2.05) is 0 Å². The summed E-state index contributed by atoms with van der Waals surface area (Å²) in [4.78, 5) is 0.542. The van der Waals surface area contributed by atoms with E-state index in [1.54, 1.807) is 0 Å². The lowest BCUT2D eigenvalue weighted by Gasteiger charge is -2.23. The molecule has 0 aliphatic heterocycles. The summed E-state index contributed by atoms with van der Waals surface area (Å²) >= 11 is 7.85. The SMILES string of the molecule is CC[C@@H](C)Cc1ccccc1C(Br)C(Br)c1ccccc1C. The fourth-order valence-corrected chi connectivity index (χ4v) is 4.25. The molecule has 2 unspecified atom stereocenters. The van der Waals surface area contributed by atoms with Gasteiger partial charge in [-0.2, -0.15) is 0 Å².